The highest BCUT2D eigenvalue weighted by Gasteiger charge is 2.23. The molecule has 1 saturated heterocycles. The Hall–Kier alpha value is -2.27. The predicted octanol–water partition coefficient (Wildman–Crippen LogP) is 2.47. The van der Waals surface area contributed by atoms with Crippen LogP contribution in [0.15, 0.2) is 42.7 Å². The minimum Gasteiger partial charge on any atom is -0.396 e. The molecule has 0 unspecified atom stereocenters. The summed E-state index contributed by atoms with van der Waals surface area (Å²) in [7, 11) is 0. The van der Waals surface area contributed by atoms with Gasteiger partial charge in [-0.15, -0.1) is 0 Å². The van der Waals surface area contributed by atoms with Gasteiger partial charge >= 0.3 is 0 Å². The Bertz CT molecular complexity index is 631. The number of likely N-dealkylation sites (tertiary alicyclic amines) is 1. The van der Waals surface area contributed by atoms with Crippen molar-refractivity contribution in [3.63, 3.8) is 0 Å². The molecule has 1 aliphatic heterocycles. The van der Waals surface area contributed by atoms with Gasteiger partial charge in [-0.3, -0.25) is 4.79 Å². The van der Waals surface area contributed by atoms with Crippen LogP contribution >= 0.6 is 0 Å². The van der Waals surface area contributed by atoms with Crippen molar-refractivity contribution in [3.8, 4) is 0 Å². The monoisotopic (exact) mass is 313 g/mol. The zero-order chi connectivity index (χ0) is 16.1. The number of carbonyl (C=O) groups excluding carboxylic acids is 1. The zero-order valence-electron chi connectivity index (χ0n) is 13.2. The normalized spacial score (nSPS) is 15.6. The van der Waals surface area contributed by atoms with Crippen molar-refractivity contribution in [2.45, 2.75) is 19.4 Å². The SMILES string of the molecule is O=C(c1cccc(NCc2cc[nH]c2)c1)N1CCC(CO)CC1. The van der Waals surface area contributed by atoms with Crippen LogP contribution in [-0.2, 0) is 6.54 Å². The molecule has 3 rings (SSSR count). The van der Waals surface area contributed by atoms with E-state index in [0.29, 0.717) is 11.5 Å². The summed E-state index contributed by atoms with van der Waals surface area (Å²) in [5.41, 5.74) is 2.83. The van der Waals surface area contributed by atoms with E-state index in [9.17, 15) is 9.90 Å². The van der Waals surface area contributed by atoms with Crippen molar-refractivity contribution in [3.05, 3.63) is 53.9 Å². The van der Waals surface area contributed by atoms with Gasteiger partial charge in [0.1, 0.15) is 0 Å². The van der Waals surface area contributed by atoms with Gasteiger partial charge in [-0.1, -0.05) is 6.07 Å². The van der Waals surface area contributed by atoms with Crippen molar-refractivity contribution in [1.29, 1.82) is 0 Å². The second kappa shape index (κ2) is 7.33. The van der Waals surface area contributed by atoms with E-state index >= 15 is 0 Å². The third-order valence-corrected chi connectivity index (χ3v) is 4.43. The van der Waals surface area contributed by atoms with E-state index in [1.54, 1.807) is 0 Å². The molecule has 1 aliphatic rings. The van der Waals surface area contributed by atoms with E-state index in [1.807, 2.05) is 47.6 Å². The number of nitrogens with zero attached hydrogens (tertiary/aromatic N) is 1. The fourth-order valence-electron chi connectivity index (χ4n) is 2.94. The maximum Gasteiger partial charge on any atom is 0.253 e. The molecule has 0 radical (unpaired) electrons. The number of rotatable bonds is 5. The van der Waals surface area contributed by atoms with Gasteiger partial charge < -0.3 is 20.3 Å². The van der Waals surface area contributed by atoms with E-state index in [-0.39, 0.29) is 12.5 Å². The Balaban J connectivity index is 1.61. The Morgan fingerprint density at radius 3 is 2.83 bits per heavy atom. The lowest BCUT2D eigenvalue weighted by atomic mass is 9.97. The molecule has 1 amide bonds. The fourth-order valence-corrected chi connectivity index (χ4v) is 2.94. The van der Waals surface area contributed by atoms with Gasteiger partial charge in [0.25, 0.3) is 5.91 Å². The molecule has 2 aromatic rings. The minimum absolute atomic E-state index is 0.0756. The molecule has 1 fully saturated rings. The van der Waals surface area contributed by atoms with Crippen LogP contribution in [0.25, 0.3) is 0 Å². The summed E-state index contributed by atoms with van der Waals surface area (Å²) in [4.78, 5) is 17.5. The third kappa shape index (κ3) is 3.93. The molecular weight excluding hydrogens is 290 g/mol. The molecule has 0 aliphatic carbocycles. The van der Waals surface area contributed by atoms with Gasteiger partial charge in [0.15, 0.2) is 0 Å². The molecule has 1 aromatic carbocycles. The first-order valence-electron chi connectivity index (χ1n) is 8.12. The first-order valence-corrected chi connectivity index (χ1v) is 8.12. The molecule has 23 heavy (non-hydrogen) atoms. The van der Waals surface area contributed by atoms with Crippen LogP contribution in [0.1, 0.15) is 28.8 Å². The summed E-state index contributed by atoms with van der Waals surface area (Å²) in [5.74, 6) is 0.417. The number of hydrogen-bond donors (Lipinski definition) is 3. The molecule has 0 atom stereocenters. The summed E-state index contributed by atoms with van der Waals surface area (Å²) in [6.45, 7) is 2.40. The Labute approximate surface area is 136 Å². The number of aromatic amines is 1. The first kappa shape index (κ1) is 15.6. The largest absolute Gasteiger partial charge is 0.396 e. The average molecular weight is 313 g/mol. The van der Waals surface area contributed by atoms with Crippen molar-refractivity contribution in [2.24, 2.45) is 5.92 Å². The number of carbonyl (C=O) groups is 1. The molecular formula is C18H23N3O2. The molecule has 1 aromatic heterocycles. The average Bonchev–Trinajstić information content (AvgIpc) is 3.13. The number of benzene rings is 1. The number of anilines is 1. The molecule has 0 spiro atoms. The fraction of sp³-hybridized carbons (Fsp3) is 0.389. The summed E-state index contributed by atoms with van der Waals surface area (Å²) >= 11 is 0. The van der Waals surface area contributed by atoms with Crippen LogP contribution in [-0.4, -0.2) is 40.6 Å². The van der Waals surface area contributed by atoms with Crippen molar-refractivity contribution in [1.82, 2.24) is 9.88 Å². The van der Waals surface area contributed by atoms with Crippen molar-refractivity contribution >= 4 is 11.6 Å². The number of H-pyrrole nitrogens is 1. The zero-order valence-corrected chi connectivity index (χ0v) is 13.2. The minimum atomic E-state index is 0.0756. The number of hydrogen-bond acceptors (Lipinski definition) is 3. The van der Waals surface area contributed by atoms with Crippen molar-refractivity contribution in [2.75, 3.05) is 25.0 Å². The molecule has 5 heteroatoms. The maximum absolute atomic E-state index is 12.6. The van der Waals surface area contributed by atoms with Crippen LogP contribution in [0.5, 0.6) is 0 Å². The molecule has 2 heterocycles. The van der Waals surface area contributed by atoms with E-state index in [2.05, 4.69) is 10.3 Å². The molecule has 0 saturated carbocycles. The predicted molar refractivity (Wildman–Crippen MR) is 90.3 cm³/mol. The van der Waals surface area contributed by atoms with E-state index in [4.69, 9.17) is 0 Å². The van der Waals surface area contributed by atoms with E-state index < -0.39 is 0 Å². The lowest BCUT2D eigenvalue weighted by Gasteiger charge is -2.31. The van der Waals surface area contributed by atoms with E-state index in [0.717, 1.165) is 38.2 Å². The quantitative estimate of drug-likeness (QED) is 0.794. The summed E-state index contributed by atoms with van der Waals surface area (Å²) in [5, 5.41) is 12.5. The van der Waals surface area contributed by atoms with Gasteiger partial charge in [-0.25, -0.2) is 0 Å². The molecule has 3 N–H and O–H groups in total. The Kier molecular flexibility index (Phi) is 4.98. The summed E-state index contributed by atoms with van der Waals surface area (Å²) < 4.78 is 0. The van der Waals surface area contributed by atoms with Gasteiger partial charge in [0.05, 0.1) is 0 Å². The number of nitrogens with one attached hydrogen (secondary N) is 2. The molecule has 5 nitrogen and oxygen atoms in total. The second-order valence-corrected chi connectivity index (χ2v) is 6.07. The summed E-state index contributed by atoms with van der Waals surface area (Å²) in [6, 6.07) is 9.68. The Morgan fingerprint density at radius 1 is 1.30 bits per heavy atom. The first-order chi connectivity index (χ1) is 11.3. The smallest absolute Gasteiger partial charge is 0.253 e. The third-order valence-electron chi connectivity index (χ3n) is 4.43. The maximum atomic E-state index is 12.6. The van der Waals surface area contributed by atoms with Crippen LogP contribution in [0.3, 0.4) is 0 Å². The van der Waals surface area contributed by atoms with Crippen LogP contribution in [0.4, 0.5) is 5.69 Å². The van der Waals surface area contributed by atoms with Crippen LogP contribution in [0.2, 0.25) is 0 Å². The van der Waals surface area contributed by atoms with E-state index in [1.165, 1.54) is 5.56 Å². The second-order valence-electron chi connectivity index (χ2n) is 6.07. The molecule has 122 valence electrons. The van der Waals surface area contributed by atoms with Gasteiger partial charge in [0.2, 0.25) is 0 Å². The topological polar surface area (TPSA) is 68.4 Å². The lowest BCUT2D eigenvalue weighted by molar-refractivity contribution is 0.0651. The number of piperidine rings is 1. The highest BCUT2D eigenvalue weighted by molar-refractivity contribution is 5.95. The number of aromatic nitrogens is 1. The van der Waals surface area contributed by atoms with Gasteiger partial charge in [0, 0.05) is 49.9 Å². The van der Waals surface area contributed by atoms with Crippen molar-refractivity contribution < 1.29 is 9.90 Å². The highest BCUT2D eigenvalue weighted by Crippen LogP contribution is 2.20. The van der Waals surface area contributed by atoms with Crippen LogP contribution in [0, 0.1) is 5.92 Å². The van der Waals surface area contributed by atoms with Crippen LogP contribution < -0.4 is 5.32 Å². The Morgan fingerprint density at radius 2 is 2.13 bits per heavy atom. The number of aliphatic hydroxyl groups excluding tert-OH is 1. The lowest BCUT2D eigenvalue weighted by Crippen LogP contribution is -2.39. The van der Waals surface area contributed by atoms with Gasteiger partial charge in [-0.05, 0) is 48.6 Å². The molecule has 0 bridgehead atoms. The highest BCUT2D eigenvalue weighted by atomic mass is 16.3. The summed E-state index contributed by atoms with van der Waals surface area (Å²) in [6.07, 6.45) is 5.61. The van der Waals surface area contributed by atoms with Gasteiger partial charge in [-0.2, -0.15) is 0 Å². The number of aliphatic hydroxyl groups is 1. The standard InChI is InChI=1S/C18H23N3O2/c22-13-14-5-8-21(9-6-14)18(23)16-2-1-3-17(10-16)20-12-15-4-7-19-11-15/h1-4,7,10-11,14,19-20,22H,5-6,8-9,12-13H2. The number of amides is 1.